The van der Waals surface area contributed by atoms with E-state index in [9.17, 15) is 14.3 Å². The van der Waals surface area contributed by atoms with E-state index in [1.54, 1.807) is 19.2 Å². The van der Waals surface area contributed by atoms with Gasteiger partial charge >= 0.3 is 5.97 Å². The number of carboxylic acids is 1. The van der Waals surface area contributed by atoms with E-state index >= 15 is 0 Å². The molecular weight excluding hydrogens is 483 g/mol. The molecule has 8 heteroatoms. The zero-order valence-corrected chi connectivity index (χ0v) is 23.1. The maximum Gasteiger partial charge on any atom is 0.325 e. The fraction of sp³-hybridized carbons (Fsp3) is 0.500. The number of nitrogens with zero attached hydrogens (tertiary/aromatic N) is 3. The number of unbranched alkanes of at least 4 members (excludes halogenated alkanes) is 2. The standard InChI is InChI=1S/C30H41FN4O3/c1-6-13-33-29(20(3)4)34-23(7-2)11-9-8-10-15-38-24-18-35(19-24)28(30(36)37)27-17-22(31)16-26-21(5)32-14-12-25(26)27/h7,12,14,16-17,24,28,33H,2,6,8-11,13,15,18-19H2,1,3-5H3,(H,36,37)/b34-23+. The van der Waals surface area contributed by atoms with Crippen LogP contribution >= 0.6 is 0 Å². The van der Waals surface area contributed by atoms with Gasteiger partial charge in [-0.1, -0.05) is 19.9 Å². The van der Waals surface area contributed by atoms with Crippen molar-refractivity contribution in [2.45, 2.75) is 71.9 Å². The Morgan fingerprint density at radius 2 is 2.08 bits per heavy atom. The van der Waals surface area contributed by atoms with Crippen LogP contribution < -0.4 is 5.32 Å². The molecule has 1 aromatic heterocycles. The summed E-state index contributed by atoms with van der Waals surface area (Å²) < 4.78 is 20.4. The summed E-state index contributed by atoms with van der Waals surface area (Å²) in [7, 11) is 0. The molecule has 0 radical (unpaired) electrons. The van der Waals surface area contributed by atoms with Crippen molar-refractivity contribution in [1.29, 1.82) is 0 Å². The predicted octanol–water partition coefficient (Wildman–Crippen LogP) is 5.95. The molecule has 2 N–H and O–H groups in total. The Balaban J connectivity index is 1.46. The largest absolute Gasteiger partial charge is 0.480 e. The van der Waals surface area contributed by atoms with Crippen molar-refractivity contribution in [2.24, 2.45) is 4.99 Å². The van der Waals surface area contributed by atoms with Gasteiger partial charge in [-0.25, -0.2) is 9.38 Å². The van der Waals surface area contributed by atoms with Crippen molar-refractivity contribution in [3.8, 4) is 0 Å². The summed E-state index contributed by atoms with van der Waals surface area (Å²) in [6.45, 7) is 14.5. The number of aliphatic imine (C=N–C) groups is 1. The summed E-state index contributed by atoms with van der Waals surface area (Å²) >= 11 is 0. The number of carbonyl (C=O) groups is 1. The number of hydrogen-bond acceptors (Lipinski definition) is 6. The lowest BCUT2D eigenvalue weighted by molar-refractivity contribution is -0.150. The molecule has 0 aliphatic carbocycles. The van der Waals surface area contributed by atoms with E-state index in [1.165, 1.54) is 12.1 Å². The second-order valence-corrected chi connectivity index (χ2v) is 10.1. The Bertz CT molecular complexity index is 1180. The molecule has 1 aliphatic rings. The van der Waals surface area contributed by atoms with Crippen LogP contribution in [0, 0.1) is 12.7 Å². The van der Waals surface area contributed by atoms with Gasteiger partial charge in [0.05, 0.1) is 6.10 Å². The number of pyridine rings is 1. The number of likely N-dealkylation sites (tertiary alicyclic amines) is 1. The SMILES string of the molecule is C=C/C(CCCCCOC1CN(C(C(=O)O)c2cc(F)cc3c(C)nccc23)C1)=N\C(NCCC)=C(C)C. The minimum atomic E-state index is -0.995. The number of benzene rings is 1. The van der Waals surface area contributed by atoms with Crippen LogP contribution in [0.25, 0.3) is 10.8 Å². The first-order valence-electron chi connectivity index (χ1n) is 13.5. The number of rotatable bonds is 15. The molecule has 7 nitrogen and oxygen atoms in total. The molecular formula is C30H41FN4O3. The second-order valence-electron chi connectivity index (χ2n) is 10.1. The monoisotopic (exact) mass is 524 g/mol. The highest BCUT2D eigenvalue weighted by atomic mass is 19.1. The topological polar surface area (TPSA) is 87.0 Å². The molecule has 1 fully saturated rings. The average molecular weight is 525 g/mol. The summed E-state index contributed by atoms with van der Waals surface area (Å²) in [5.41, 5.74) is 3.27. The zero-order valence-electron chi connectivity index (χ0n) is 23.1. The summed E-state index contributed by atoms with van der Waals surface area (Å²) in [6, 6.07) is 3.57. The Hall–Kier alpha value is -3.10. The minimum absolute atomic E-state index is 0.0183. The zero-order chi connectivity index (χ0) is 27.7. The fourth-order valence-corrected chi connectivity index (χ4v) is 4.67. The first-order valence-corrected chi connectivity index (χ1v) is 13.5. The molecule has 1 atom stereocenters. The molecule has 0 spiro atoms. The van der Waals surface area contributed by atoms with Gasteiger partial charge in [-0.2, -0.15) is 0 Å². The van der Waals surface area contributed by atoms with Gasteiger partial charge in [0.15, 0.2) is 0 Å². The van der Waals surface area contributed by atoms with Crippen LogP contribution in [0.3, 0.4) is 0 Å². The van der Waals surface area contributed by atoms with Gasteiger partial charge in [0, 0.05) is 49.2 Å². The molecule has 2 heterocycles. The van der Waals surface area contributed by atoms with Crippen LogP contribution in [-0.4, -0.2) is 59.0 Å². The van der Waals surface area contributed by atoms with E-state index in [2.05, 4.69) is 37.7 Å². The third-order valence-corrected chi connectivity index (χ3v) is 6.78. The van der Waals surface area contributed by atoms with Crippen molar-refractivity contribution in [3.05, 3.63) is 65.5 Å². The summed E-state index contributed by atoms with van der Waals surface area (Å²) in [5.74, 6) is -0.523. The number of hydrogen-bond donors (Lipinski definition) is 2. The van der Waals surface area contributed by atoms with Crippen LogP contribution in [-0.2, 0) is 9.53 Å². The second kappa shape index (κ2) is 14.2. The highest BCUT2D eigenvalue weighted by Crippen LogP contribution is 2.33. The third-order valence-electron chi connectivity index (χ3n) is 6.78. The molecule has 3 rings (SSSR count). The number of halogens is 1. The quantitative estimate of drug-likeness (QED) is 0.221. The highest BCUT2D eigenvalue weighted by molar-refractivity contribution is 5.95. The van der Waals surface area contributed by atoms with Gasteiger partial charge in [-0.15, -0.1) is 0 Å². The van der Waals surface area contributed by atoms with Crippen molar-refractivity contribution in [1.82, 2.24) is 15.2 Å². The predicted molar refractivity (Wildman–Crippen MR) is 151 cm³/mol. The summed E-state index contributed by atoms with van der Waals surface area (Å²) in [5, 5.41) is 14.7. The number of carboxylic acid groups (broad SMARTS) is 1. The average Bonchev–Trinajstić information content (AvgIpc) is 2.85. The maximum atomic E-state index is 14.4. The Labute approximate surface area is 225 Å². The van der Waals surface area contributed by atoms with E-state index in [4.69, 9.17) is 9.73 Å². The Morgan fingerprint density at radius 1 is 1.32 bits per heavy atom. The lowest BCUT2D eigenvalue weighted by atomic mass is 9.94. The van der Waals surface area contributed by atoms with Crippen molar-refractivity contribution in [3.63, 3.8) is 0 Å². The first-order chi connectivity index (χ1) is 18.2. The van der Waals surface area contributed by atoms with E-state index in [1.807, 2.05) is 11.0 Å². The number of aliphatic carboxylic acids is 1. The van der Waals surface area contributed by atoms with Gasteiger partial charge < -0.3 is 15.2 Å². The number of fused-ring (bicyclic) bond motifs is 1. The molecule has 1 aromatic carbocycles. The van der Waals surface area contributed by atoms with E-state index in [-0.39, 0.29) is 6.10 Å². The molecule has 1 saturated heterocycles. The van der Waals surface area contributed by atoms with Crippen LogP contribution in [0.4, 0.5) is 4.39 Å². The highest BCUT2D eigenvalue weighted by Gasteiger charge is 2.38. The van der Waals surface area contributed by atoms with Gasteiger partial charge in [0.1, 0.15) is 17.7 Å². The van der Waals surface area contributed by atoms with Crippen LogP contribution in [0.2, 0.25) is 0 Å². The van der Waals surface area contributed by atoms with Crippen LogP contribution in [0.15, 0.2) is 53.4 Å². The molecule has 206 valence electrons. The van der Waals surface area contributed by atoms with Gasteiger partial charge in [0.2, 0.25) is 0 Å². The molecule has 0 saturated carbocycles. The maximum absolute atomic E-state index is 14.4. The van der Waals surface area contributed by atoms with Crippen LogP contribution in [0.5, 0.6) is 0 Å². The molecule has 1 unspecified atom stereocenters. The van der Waals surface area contributed by atoms with Gasteiger partial charge in [0.25, 0.3) is 0 Å². The van der Waals surface area contributed by atoms with Crippen LogP contribution in [0.1, 0.15) is 70.2 Å². The van der Waals surface area contributed by atoms with Crippen molar-refractivity contribution in [2.75, 3.05) is 26.2 Å². The lowest BCUT2D eigenvalue weighted by Crippen LogP contribution is -2.55. The number of allylic oxidation sites excluding steroid dienone is 2. The summed E-state index contributed by atoms with van der Waals surface area (Å²) in [6.07, 6.45) is 8.28. The molecule has 2 aromatic rings. The smallest absolute Gasteiger partial charge is 0.325 e. The fourth-order valence-electron chi connectivity index (χ4n) is 4.67. The number of aryl methyl sites for hydroxylation is 1. The Kier molecular flexibility index (Phi) is 11.0. The number of nitrogens with one attached hydrogen (secondary N) is 1. The van der Waals surface area contributed by atoms with Crippen molar-refractivity contribution >= 4 is 22.5 Å². The first kappa shape index (κ1) is 29.5. The molecule has 0 amide bonds. The molecule has 1 aliphatic heterocycles. The van der Waals surface area contributed by atoms with E-state index in [0.717, 1.165) is 61.1 Å². The normalized spacial score (nSPS) is 15.2. The molecule has 0 bridgehead atoms. The van der Waals surface area contributed by atoms with E-state index < -0.39 is 17.8 Å². The molecule has 38 heavy (non-hydrogen) atoms. The number of ether oxygens (including phenoxy) is 1. The van der Waals surface area contributed by atoms with Crippen molar-refractivity contribution < 1.29 is 19.0 Å². The van der Waals surface area contributed by atoms with Gasteiger partial charge in [-0.05, 0) is 87.3 Å². The number of aromatic nitrogens is 1. The summed E-state index contributed by atoms with van der Waals surface area (Å²) in [4.78, 5) is 23.0. The van der Waals surface area contributed by atoms with Gasteiger partial charge in [-0.3, -0.25) is 14.7 Å². The van der Waals surface area contributed by atoms with E-state index in [0.29, 0.717) is 36.3 Å². The minimum Gasteiger partial charge on any atom is -0.480 e. The third kappa shape index (κ3) is 7.71. The Morgan fingerprint density at radius 3 is 2.74 bits per heavy atom. The lowest BCUT2D eigenvalue weighted by Gasteiger charge is -2.42.